The van der Waals surface area contributed by atoms with Crippen molar-refractivity contribution in [1.29, 1.82) is 0 Å². The Morgan fingerprint density at radius 2 is 2.11 bits per heavy atom. The van der Waals surface area contributed by atoms with Gasteiger partial charge in [0.05, 0.1) is 6.54 Å². The second-order valence-corrected chi connectivity index (χ2v) is 5.64. The smallest absolute Gasteiger partial charge is 0.234 e. The van der Waals surface area contributed by atoms with Crippen molar-refractivity contribution in [3.8, 4) is 0 Å². The molecule has 1 heterocycles. The maximum absolute atomic E-state index is 11.8. The molecule has 0 aromatic heterocycles. The van der Waals surface area contributed by atoms with Gasteiger partial charge >= 0.3 is 0 Å². The number of hydrogen-bond donors (Lipinski definition) is 2. The van der Waals surface area contributed by atoms with Crippen LogP contribution in [-0.2, 0) is 4.79 Å². The fourth-order valence-electron chi connectivity index (χ4n) is 2.73. The molecule has 3 N–H and O–H groups in total. The number of nitrogens with one attached hydrogen (secondary N) is 1. The van der Waals surface area contributed by atoms with Crippen LogP contribution in [0.3, 0.4) is 0 Å². The van der Waals surface area contributed by atoms with Crippen LogP contribution < -0.4 is 11.1 Å². The second-order valence-electron chi connectivity index (χ2n) is 5.64. The van der Waals surface area contributed by atoms with Crippen LogP contribution in [-0.4, -0.2) is 43.0 Å². The molecule has 1 aliphatic carbocycles. The van der Waals surface area contributed by atoms with E-state index >= 15 is 0 Å². The van der Waals surface area contributed by atoms with Gasteiger partial charge in [-0.05, 0) is 44.1 Å². The minimum absolute atomic E-state index is 0. The molecule has 0 aromatic carbocycles. The van der Waals surface area contributed by atoms with Crippen molar-refractivity contribution in [2.45, 2.75) is 38.6 Å². The Bertz CT molecular complexity index is 271. The highest BCUT2D eigenvalue weighted by molar-refractivity contribution is 5.85. The molecule has 0 spiro atoms. The van der Waals surface area contributed by atoms with Crippen LogP contribution in [0.1, 0.15) is 32.6 Å². The first kappa shape index (κ1) is 15.7. The summed E-state index contributed by atoms with van der Waals surface area (Å²) in [6.45, 7) is 5.32. The van der Waals surface area contributed by atoms with Crippen molar-refractivity contribution in [2.75, 3.05) is 26.2 Å². The number of nitrogens with zero attached hydrogens (tertiary/aromatic N) is 1. The molecular formula is C13H26ClN3O. The molecule has 2 atom stereocenters. The first-order valence-corrected chi connectivity index (χ1v) is 6.91. The van der Waals surface area contributed by atoms with Crippen molar-refractivity contribution in [1.82, 2.24) is 10.2 Å². The van der Waals surface area contributed by atoms with E-state index in [1.165, 1.54) is 25.7 Å². The highest BCUT2D eigenvalue weighted by atomic mass is 35.5. The summed E-state index contributed by atoms with van der Waals surface area (Å²) in [5, 5.41) is 3.03. The third-order valence-electron chi connectivity index (χ3n) is 4.10. The van der Waals surface area contributed by atoms with E-state index in [0.29, 0.717) is 25.0 Å². The van der Waals surface area contributed by atoms with E-state index in [-0.39, 0.29) is 18.3 Å². The molecule has 0 bridgehead atoms. The number of carbonyl (C=O) groups is 1. The molecule has 1 amide bonds. The maximum atomic E-state index is 11.8. The zero-order chi connectivity index (χ0) is 12.3. The number of carbonyl (C=O) groups excluding carboxylic acids is 1. The van der Waals surface area contributed by atoms with Crippen LogP contribution in [0.25, 0.3) is 0 Å². The van der Waals surface area contributed by atoms with E-state index in [1.54, 1.807) is 0 Å². The molecule has 1 aliphatic heterocycles. The SMILES string of the molecule is CC1CCCN(CC(=O)NCC2CC2)C1CN.Cl. The van der Waals surface area contributed by atoms with Crippen LogP contribution in [0.2, 0.25) is 0 Å². The number of likely N-dealkylation sites (tertiary alicyclic amines) is 1. The molecule has 2 unspecified atom stereocenters. The van der Waals surface area contributed by atoms with Gasteiger partial charge in [-0.15, -0.1) is 12.4 Å². The van der Waals surface area contributed by atoms with Gasteiger partial charge in [0.25, 0.3) is 0 Å². The summed E-state index contributed by atoms with van der Waals surface area (Å²) in [4.78, 5) is 14.1. The van der Waals surface area contributed by atoms with Gasteiger partial charge in [-0.25, -0.2) is 0 Å². The van der Waals surface area contributed by atoms with Crippen molar-refractivity contribution in [3.63, 3.8) is 0 Å². The fraction of sp³-hybridized carbons (Fsp3) is 0.923. The molecule has 2 rings (SSSR count). The summed E-state index contributed by atoms with van der Waals surface area (Å²) < 4.78 is 0. The summed E-state index contributed by atoms with van der Waals surface area (Å²) in [5.74, 6) is 1.54. The Morgan fingerprint density at radius 3 is 2.72 bits per heavy atom. The predicted octanol–water partition coefficient (Wildman–Crippen LogP) is 0.994. The van der Waals surface area contributed by atoms with Crippen LogP contribution in [0, 0.1) is 11.8 Å². The van der Waals surface area contributed by atoms with Gasteiger partial charge in [0.2, 0.25) is 5.91 Å². The zero-order valence-corrected chi connectivity index (χ0v) is 12.0. The van der Waals surface area contributed by atoms with E-state index in [9.17, 15) is 4.79 Å². The molecule has 106 valence electrons. The van der Waals surface area contributed by atoms with E-state index in [4.69, 9.17) is 5.73 Å². The molecule has 0 radical (unpaired) electrons. The van der Waals surface area contributed by atoms with Crippen LogP contribution >= 0.6 is 12.4 Å². The lowest BCUT2D eigenvalue weighted by Crippen LogP contribution is -2.52. The van der Waals surface area contributed by atoms with Crippen molar-refractivity contribution < 1.29 is 4.79 Å². The molecule has 2 aliphatic rings. The highest BCUT2D eigenvalue weighted by Crippen LogP contribution is 2.27. The van der Waals surface area contributed by atoms with Gasteiger partial charge in [0.15, 0.2) is 0 Å². The maximum Gasteiger partial charge on any atom is 0.234 e. The molecular weight excluding hydrogens is 250 g/mol. The normalized spacial score (nSPS) is 28.6. The summed E-state index contributed by atoms with van der Waals surface area (Å²) in [5.41, 5.74) is 5.82. The standard InChI is InChI=1S/C13H25N3O.ClH/c1-10-3-2-6-16(12(10)7-14)9-13(17)15-8-11-4-5-11;/h10-12H,2-9,14H2,1H3,(H,15,17);1H. The van der Waals surface area contributed by atoms with Gasteiger partial charge in [0.1, 0.15) is 0 Å². The summed E-state index contributed by atoms with van der Waals surface area (Å²) in [7, 11) is 0. The lowest BCUT2D eigenvalue weighted by Gasteiger charge is -2.38. The minimum Gasteiger partial charge on any atom is -0.355 e. The van der Waals surface area contributed by atoms with E-state index < -0.39 is 0 Å². The lowest BCUT2D eigenvalue weighted by atomic mass is 9.91. The number of halogens is 1. The molecule has 18 heavy (non-hydrogen) atoms. The number of rotatable bonds is 5. The summed E-state index contributed by atoms with van der Waals surface area (Å²) >= 11 is 0. The van der Waals surface area contributed by atoms with Gasteiger partial charge in [-0.2, -0.15) is 0 Å². The Labute approximate surface area is 116 Å². The van der Waals surface area contributed by atoms with Gasteiger partial charge in [-0.3, -0.25) is 9.69 Å². The van der Waals surface area contributed by atoms with Gasteiger partial charge in [0, 0.05) is 19.1 Å². The second kappa shape index (κ2) is 7.31. The van der Waals surface area contributed by atoms with Crippen LogP contribution in [0.15, 0.2) is 0 Å². The Morgan fingerprint density at radius 1 is 1.39 bits per heavy atom. The fourth-order valence-corrected chi connectivity index (χ4v) is 2.73. The van der Waals surface area contributed by atoms with Gasteiger partial charge in [-0.1, -0.05) is 6.92 Å². The number of piperidine rings is 1. The Hall–Kier alpha value is -0.320. The van der Waals surface area contributed by atoms with Crippen LogP contribution in [0.5, 0.6) is 0 Å². The number of nitrogens with two attached hydrogens (primary N) is 1. The molecule has 0 aromatic rings. The minimum atomic E-state index is 0. The average molecular weight is 276 g/mol. The lowest BCUT2D eigenvalue weighted by molar-refractivity contribution is -0.123. The molecule has 1 saturated carbocycles. The third kappa shape index (κ3) is 4.41. The molecule has 2 fully saturated rings. The van der Waals surface area contributed by atoms with Gasteiger partial charge < -0.3 is 11.1 Å². The van der Waals surface area contributed by atoms with Crippen LogP contribution in [0.4, 0.5) is 0 Å². The number of hydrogen-bond acceptors (Lipinski definition) is 3. The Balaban J connectivity index is 0.00000162. The monoisotopic (exact) mass is 275 g/mol. The first-order valence-electron chi connectivity index (χ1n) is 6.91. The molecule has 1 saturated heterocycles. The van der Waals surface area contributed by atoms with Crippen molar-refractivity contribution in [3.05, 3.63) is 0 Å². The molecule has 5 heteroatoms. The summed E-state index contributed by atoms with van der Waals surface area (Å²) in [6.07, 6.45) is 4.99. The quantitative estimate of drug-likeness (QED) is 0.787. The largest absolute Gasteiger partial charge is 0.355 e. The molecule has 4 nitrogen and oxygen atoms in total. The third-order valence-corrected chi connectivity index (χ3v) is 4.10. The predicted molar refractivity (Wildman–Crippen MR) is 75.8 cm³/mol. The summed E-state index contributed by atoms with van der Waals surface area (Å²) in [6, 6.07) is 0.385. The van der Waals surface area contributed by atoms with E-state index in [2.05, 4.69) is 17.1 Å². The zero-order valence-electron chi connectivity index (χ0n) is 11.2. The van der Waals surface area contributed by atoms with E-state index in [0.717, 1.165) is 19.0 Å². The first-order chi connectivity index (χ1) is 8.20. The Kier molecular flexibility index (Phi) is 6.39. The average Bonchev–Trinajstić information content (AvgIpc) is 3.10. The topological polar surface area (TPSA) is 58.4 Å². The van der Waals surface area contributed by atoms with Crippen molar-refractivity contribution >= 4 is 18.3 Å². The van der Waals surface area contributed by atoms with Crippen molar-refractivity contribution in [2.24, 2.45) is 17.6 Å². The van der Waals surface area contributed by atoms with E-state index in [1.807, 2.05) is 0 Å². The highest BCUT2D eigenvalue weighted by Gasteiger charge is 2.29. The number of amides is 1.